The van der Waals surface area contributed by atoms with Crippen LogP contribution in [0.4, 0.5) is 11.4 Å². The van der Waals surface area contributed by atoms with Crippen LogP contribution in [0.1, 0.15) is 17.3 Å². The molecule has 0 saturated carbocycles. The van der Waals surface area contributed by atoms with E-state index in [9.17, 15) is 4.79 Å². The standard InChI is InChI=1S/C18H21N7O3/c1-10(19)6-20-14-5-4-12(15-13(14)9-23-18(25-15)28-3)16(26)24-11-7-21-17(27-2)22-8-11/h4-5,7-10,20H,6,19H2,1-3H3,(H,24,26)/t10-/m1/s1. The van der Waals surface area contributed by atoms with E-state index < -0.39 is 0 Å². The number of nitrogens with one attached hydrogen (secondary N) is 2. The van der Waals surface area contributed by atoms with E-state index >= 15 is 0 Å². The van der Waals surface area contributed by atoms with Gasteiger partial charge < -0.3 is 25.8 Å². The van der Waals surface area contributed by atoms with Gasteiger partial charge in [0.1, 0.15) is 0 Å². The minimum atomic E-state index is -0.363. The third-order valence-corrected chi connectivity index (χ3v) is 3.84. The van der Waals surface area contributed by atoms with Gasteiger partial charge in [-0.2, -0.15) is 4.98 Å². The number of methoxy groups -OCH3 is 2. The first-order valence-electron chi connectivity index (χ1n) is 8.52. The van der Waals surface area contributed by atoms with Crippen molar-refractivity contribution in [3.8, 4) is 12.0 Å². The third kappa shape index (κ3) is 4.23. The molecule has 1 amide bonds. The Balaban J connectivity index is 1.96. The lowest BCUT2D eigenvalue weighted by molar-refractivity contribution is 0.102. The van der Waals surface area contributed by atoms with Crippen LogP contribution in [0.3, 0.4) is 0 Å². The number of nitrogens with two attached hydrogens (primary N) is 1. The SMILES string of the molecule is COc1ncc(NC(=O)c2ccc(NC[C@@H](C)N)c3cnc(OC)nc23)cn1. The molecule has 10 nitrogen and oxygen atoms in total. The molecule has 0 radical (unpaired) electrons. The van der Waals surface area contributed by atoms with E-state index in [1.165, 1.54) is 26.6 Å². The Morgan fingerprint density at radius 3 is 2.43 bits per heavy atom. The van der Waals surface area contributed by atoms with E-state index in [-0.39, 0.29) is 24.0 Å². The highest BCUT2D eigenvalue weighted by atomic mass is 16.5. The lowest BCUT2D eigenvalue weighted by Crippen LogP contribution is -2.25. The molecular weight excluding hydrogens is 362 g/mol. The van der Waals surface area contributed by atoms with Crippen molar-refractivity contribution in [1.82, 2.24) is 19.9 Å². The van der Waals surface area contributed by atoms with Crippen molar-refractivity contribution in [2.45, 2.75) is 13.0 Å². The van der Waals surface area contributed by atoms with Crippen molar-refractivity contribution in [3.05, 3.63) is 36.3 Å². The zero-order valence-electron chi connectivity index (χ0n) is 15.8. The van der Waals surface area contributed by atoms with Gasteiger partial charge >= 0.3 is 12.0 Å². The van der Waals surface area contributed by atoms with Crippen LogP contribution in [0.5, 0.6) is 12.0 Å². The van der Waals surface area contributed by atoms with Crippen molar-refractivity contribution < 1.29 is 14.3 Å². The Bertz CT molecular complexity index is 977. The summed E-state index contributed by atoms with van der Waals surface area (Å²) in [6.07, 6.45) is 4.53. The van der Waals surface area contributed by atoms with Crippen LogP contribution in [0, 0.1) is 0 Å². The molecule has 0 fully saturated rings. The van der Waals surface area contributed by atoms with E-state index in [1.54, 1.807) is 18.3 Å². The van der Waals surface area contributed by atoms with Crippen molar-refractivity contribution in [3.63, 3.8) is 0 Å². The number of aromatic nitrogens is 4. The molecule has 2 aromatic heterocycles. The second-order valence-corrected chi connectivity index (χ2v) is 6.05. The number of fused-ring (bicyclic) bond motifs is 1. The molecule has 0 aliphatic rings. The highest BCUT2D eigenvalue weighted by Crippen LogP contribution is 2.27. The Hall–Kier alpha value is -3.53. The zero-order chi connectivity index (χ0) is 20.1. The molecule has 3 rings (SSSR count). The molecule has 0 saturated heterocycles. The van der Waals surface area contributed by atoms with Crippen LogP contribution in [-0.2, 0) is 0 Å². The van der Waals surface area contributed by atoms with Crippen molar-refractivity contribution in [1.29, 1.82) is 0 Å². The van der Waals surface area contributed by atoms with Crippen molar-refractivity contribution in [2.24, 2.45) is 5.73 Å². The number of carbonyl (C=O) groups excluding carboxylic acids is 1. The lowest BCUT2D eigenvalue weighted by atomic mass is 10.1. The molecule has 146 valence electrons. The lowest BCUT2D eigenvalue weighted by Gasteiger charge is -2.14. The van der Waals surface area contributed by atoms with Gasteiger partial charge in [-0.15, -0.1) is 0 Å². The summed E-state index contributed by atoms with van der Waals surface area (Å²) in [7, 11) is 2.93. The van der Waals surface area contributed by atoms with E-state index in [0.29, 0.717) is 28.7 Å². The van der Waals surface area contributed by atoms with Gasteiger partial charge in [-0.25, -0.2) is 15.0 Å². The smallest absolute Gasteiger partial charge is 0.316 e. The molecule has 1 atom stereocenters. The Morgan fingerprint density at radius 2 is 1.79 bits per heavy atom. The third-order valence-electron chi connectivity index (χ3n) is 3.84. The molecule has 0 aliphatic heterocycles. The molecular formula is C18H21N7O3. The summed E-state index contributed by atoms with van der Waals surface area (Å²) in [5.41, 5.74) is 7.83. The molecule has 0 bridgehead atoms. The molecule has 0 aliphatic carbocycles. The summed E-state index contributed by atoms with van der Waals surface area (Å²) < 4.78 is 10.0. The quantitative estimate of drug-likeness (QED) is 0.553. The van der Waals surface area contributed by atoms with Crippen molar-refractivity contribution >= 4 is 28.2 Å². The second-order valence-electron chi connectivity index (χ2n) is 6.05. The number of carbonyl (C=O) groups is 1. The number of anilines is 2. The summed E-state index contributed by atoms with van der Waals surface area (Å²) in [4.78, 5) is 29.3. The van der Waals surface area contributed by atoms with E-state index in [0.717, 1.165) is 5.69 Å². The molecule has 2 heterocycles. The maximum Gasteiger partial charge on any atom is 0.316 e. The first kappa shape index (κ1) is 19.2. The normalized spacial score (nSPS) is 11.7. The summed E-state index contributed by atoms with van der Waals surface area (Å²) in [5, 5.41) is 6.67. The molecule has 1 aromatic carbocycles. The van der Waals surface area contributed by atoms with E-state index in [1.807, 2.05) is 6.92 Å². The van der Waals surface area contributed by atoms with E-state index in [4.69, 9.17) is 15.2 Å². The van der Waals surface area contributed by atoms with Gasteiger partial charge in [-0.3, -0.25) is 4.79 Å². The Morgan fingerprint density at radius 1 is 1.11 bits per heavy atom. The summed E-state index contributed by atoms with van der Waals surface area (Å²) in [6, 6.07) is 3.81. The number of nitrogens with zero attached hydrogens (tertiary/aromatic N) is 4. The fourth-order valence-electron chi connectivity index (χ4n) is 2.49. The number of rotatable bonds is 7. The average molecular weight is 383 g/mol. The largest absolute Gasteiger partial charge is 0.467 e. The molecule has 10 heteroatoms. The topological polar surface area (TPSA) is 137 Å². The monoisotopic (exact) mass is 383 g/mol. The molecule has 4 N–H and O–H groups in total. The maximum absolute atomic E-state index is 12.8. The van der Waals surface area contributed by atoms with Crippen LogP contribution < -0.4 is 25.8 Å². The summed E-state index contributed by atoms with van der Waals surface area (Å²) >= 11 is 0. The second kappa shape index (κ2) is 8.44. The molecule has 0 spiro atoms. The van der Waals surface area contributed by atoms with Crippen LogP contribution in [0.15, 0.2) is 30.7 Å². The number of hydrogen-bond donors (Lipinski definition) is 3. The van der Waals surface area contributed by atoms with Crippen LogP contribution in [-0.4, -0.2) is 52.6 Å². The van der Waals surface area contributed by atoms with Crippen LogP contribution >= 0.6 is 0 Å². The first-order chi connectivity index (χ1) is 13.5. The van der Waals surface area contributed by atoms with Gasteiger partial charge in [0.15, 0.2) is 0 Å². The number of ether oxygens (including phenoxy) is 2. The van der Waals surface area contributed by atoms with Gasteiger partial charge in [0.05, 0.1) is 43.4 Å². The van der Waals surface area contributed by atoms with Gasteiger partial charge in [0.25, 0.3) is 5.91 Å². The van der Waals surface area contributed by atoms with Gasteiger partial charge in [0, 0.05) is 29.9 Å². The predicted molar refractivity (Wildman–Crippen MR) is 105 cm³/mol. The fraction of sp³-hybridized carbons (Fsp3) is 0.278. The van der Waals surface area contributed by atoms with Gasteiger partial charge in [-0.05, 0) is 19.1 Å². The van der Waals surface area contributed by atoms with Crippen LogP contribution in [0.2, 0.25) is 0 Å². The summed E-state index contributed by atoms with van der Waals surface area (Å²) in [6.45, 7) is 2.46. The Kier molecular flexibility index (Phi) is 5.80. The number of benzene rings is 1. The highest BCUT2D eigenvalue weighted by molar-refractivity contribution is 6.13. The number of hydrogen-bond acceptors (Lipinski definition) is 9. The van der Waals surface area contributed by atoms with Crippen LogP contribution in [0.25, 0.3) is 10.9 Å². The fourth-order valence-corrected chi connectivity index (χ4v) is 2.49. The number of amides is 1. The maximum atomic E-state index is 12.8. The predicted octanol–water partition coefficient (Wildman–Crippen LogP) is 1.45. The van der Waals surface area contributed by atoms with Gasteiger partial charge in [0.2, 0.25) is 0 Å². The minimum absolute atomic E-state index is 0.0349. The first-order valence-corrected chi connectivity index (χ1v) is 8.52. The Labute approximate surface area is 161 Å². The molecule has 0 unspecified atom stereocenters. The minimum Gasteiger partial charge on any atom is -0.467 e. The van der Waals surface area contributed by atoms with Crippen molar-refractivity contribution in [2.75, 3.05) is 31.4 Å². The van der Waals surface area contributed by atoms with E-state index in [2.05, 4.69) is 30.6 Å². The van der Waals surface area contributed by atoms with Gasteiger partial charge in [-0.1, -0.05) is 0 Å². The summed E-state index contributed by atoms with van der Waals surface area (Å²) in [5.74, 6) is -0.363. The molecule has 3 aromatic rings. The average Bonchev–Trinajstić information content (AvgIpc) is 2.71. The zero-order valence-corrected chi connectivity index (χ0v) is 15.8. The molecule has 28 heavy (non-hydrogen) atoms. The highest BCUT2D eigenvalue weighted by Gasteiger charge is 2.16.